The van der Waals surface area contributed by atoms with Gasteiger partial charge in [-0.25, -0.2) is 19.9 Å². The van der Waals surface area contributed by atoms with E-state index in [-0.39, 0.29) is 0 Å². The van der Waals surface area contributed by atoms with Crippen LogP contribution in [0.4, 0.5) is 0 Å². The molecule has 2 aromatic carbocycles. The number of rotatable bonds is 4. The predicted molar refractivity (Wildman–Crippen MR) is 148 cm³/mol. The van der Waals surface area contributed by atoms with Gasteiger partial charge in [0.1, 0.15) is 0 Å². The van der Waals surface area contributed by atoms with E-state index in [9.17, 15) is 0 Å². The van der Waals surface area contributed by atoms with E-state index in [4.69, 9.17) is 19.9 Å². The number of nitrogens with zero attached hydrogens (tertiary/aromatic N) is 7. The van der Waals surface area contributed by atoms with Crippen molar-refractivity contribution in [2.24, 2.45) is 0 Å². The normalized spacial score (nSPS) is 11.2. The summed E-state index contributed by atoms with van der Waals surface area (Å²) in [6.07, 6.45) is 18.1. The Morgan fingerprint density at radius 1 is 0.342 bits per heavy atom. The highest BCUT2D eigenvalue weighted by atomic mass is 14.9. The van der Waals surface area contributed by atoms with Crippen LogP contribution in [0.1, 0.15) is 0 Å². The molecule has 0 spiro atoms. The van der Waals surface area contributed by atoms with Gasteiger partial charge in [-0.15, -0.1) is 0 Å². The maximum absolute atomic E-state index is 4.78. The Kier molecular flexibility index (Phi) is 5.29. The molecule has 38 heavy (non-hydrogen) atoms. The van der Waals surface area contributed by atoms with Gasteiger partial charge in [-0.2, -0.15) is 0 Å². The second kappa shape index (κ2) is 9.22. The average Bonchev–Trinajstić information content (AvgIpc) is 3.01. The van der Waals surface area contributed by atoms with Crippen LogP contribution in [-0.4, -0.2) is 34.9 Å². The smallest absolute Gasteiger partial charge is 0.160 e. The highest BCUT2D eigenvalue weighted by molar-refractivity contribution is 6.19. The van der Waals surface area contributed by atoms with Crippen LogP contribution in [0.3, 0.4) is 0 Å². The second-order valence-electron chi connectivity index (χ2n) is 8.78. The summed E-state index contributed by atoms with van der Waals surface area (Å²) in [5.74, 6) is 1.29. The topological polar surface area (TPSA) is 90.2 Å². The molecule has 0 aliphatic rings. The van der Waals surface area contributed by atoms with Gasteiger partial charge in [0, 0.05) is 89.6 Å². The second-order valence-corrected chi connectivity index (χ2v) is 8.78. The molecular weight excluding hydrogens is 470 g/mol. The average molecular weight is 490 g/mol. The van der Waals surface area contributed by atoms with Gasteiger partial charge in [0.05, 0.1) is 0 Å². The van der Waals surface area contributed by atoms with Crippen molar-refractivity contribution in [3.8, 4) is 45.0 Å². The summed E-state index contributed by atoms with van der Waals surface area (Å²) in [7, 11) is 0. The number of hydrogen-bond acceptors (Lipinski definition) is 7. The lowest BCUT2D eigenvalue weighted by molar-refractivity contribution is 1.18. The van der Waals surface area contributed by atoms with Crippen LogP contribution in [0.15, 0.2) is 117 Å². The molecule has 0 radical (unpaired) electrons. The molecule has 0 aliphatic carbocycles. The molecule has 0 saturated heterocycles. The van der Waals surface area contributed by atoms with Crippen molar-refractivity contribution in [3.63, 3.8) is 0 Å². The first-order chi connectivity index (χ1) is 18.9. The van der Waals surface area contributed by atoms with Gasteiger partial charge in [0.2, 0.25) is 0 Å². The molecule has 0 aliphatic heterocycles. The van der Waals surface area contributed by atoms with Gasteiger partial charge in [-0.1, -0.05) is 24.3 Å². The molecule has 5 heterocycles. The van der Waals surface area contributed by atoms with Crippen LogP contribution >= 0.6 is 0 Å². The molecule has 7 aromatic rings. The largest absolute Gasteiger partial charge is 0.265 e. The highest BCUT2D eigenvalue weighted by Gasteiger charge is 2.19. The monoisotopic (exact) mass is 489 g/mol. The third-order valence-electron chi connectivity index (χ3n) is 6.60. The standard InChI is InChI=1S/C31H19N7/c1-2-4-25-24(3-1)28(30-35-15-22(16-36-30)20-5-10-32-11-6-20)26-9-14-34-19-27(26)29(25)31-37-17-23(18-38-31)21-7-12-33-13-8-21/h1-19H. The molecule has 7 nitrogen and oxygen atoms in total. The number of pyridine rings is 3. The van der Waals surface area contributed by atoms with Gasteiger partial charge in [-0.05, 0) is 57.6 Å². The summed E-state index contributed by atoms with van der Waals surface area (Å²) in [5.41, 5.74) is 5.80. The summed E-state index contributed by atoms with van der Waals surface area (Å²) in [4.78, 5) is 31.8. The molecule has 7 rings (SSSR count). The van der Waals surface area contributed by atoms with Crippen molar-refractivity contribution in [1.82, 2.24) is 34.9 Å². The lowest BCUT2D eigenvalue weighted by Gasteiger charge is -2.15. The van der Waals surface area contributed by atoms with Crippen LogP contribution in [0, 0.1) is 0 Å². The Morgan fingerprint density at radius 2 is 0.763 bits per heavy atom. The fourth-order valence-corrected chi connectivity index (χ4v) is 4.80. The van der Waals surface area contributed by atoms with Gasteiger partial charge >= 0.3 is 0 Å². The molecule has 5 aromatic heterocycles. The summed E-state index contributed by atoms with van der Waals surface area (Å²) in [6.45, 7) is 0. The van der Waals surface area contributed by atoms with Crippen LogP contribution in [-0.2, 0) is 0 Å². The number of fused-ring (bicyclic) bond motifs is 2. The quantitative estimate of drug-likeness (QED) is 0.263. The Labute approximate surface area is 218 Å². The zero-order chi connectivity index (χ0) is 25.3. The summed E-state index contributed by atoms with van der Waals surface area (Å²) >= 11 is 0. The van der Waals surface area contributed by atoms with Crippen molar-refractivity contribution in [1.29, 1.82) is 0 Å². The van der Waals surface area contributed by atoms with E-state index in [0.29, 0.717) is 11.6 Å². The van der Waals surface area contributed by atoms with Crippen molar-refractivity contribution in [2.45, 2.75) is 0 Å². The molecule has 0 saturated carbocycles. The highest BCUT2D eigenvalue weighted by Crippen LogP contribution is 2.41. The van der Waals surface area contributed by atoms with Gasteiger partial charge in [0.15, 0.2) is 11.6 Å². The zero-order valence-electron chi connectivity index (χ0n) is 20.1. The molecular formula is C31H19N7. The Morgan fingerprint density at radius 3 is 1.26 bits per heavy atom. The van der Waals surface area contributed by atoms with Crippen LogP contribution < -0.4 is 0 Å². The molecule has 0 fully saturated rings. The van der Waals surface area contributed by atoms with E-state index in [0.717, 1.165) is 54.9 Å². The number of benzene rings is 2. The van der Waals surface area contributed by atoms with E-state index < -0.39 is 0 Å². The molecule has 0 amide bonds. The maximum atomic E-state index is 4.78. The lowest BCUT2D eigenvalue weighted by atomic mass is 9.91. The Hall–Kier alpha value is -5.43. The first-order valence-electron chi connectivity index (χ1n) is 12.1. The van der Waals surface area contributed by atoms with E-state index in [1.165, 1.54) is 0 Å². The zero-order valence-corrected chi connectivity index (χ0v) is 20.1. The first-order valence-corrected chi connectivity index (χ1v) is 12.1. The minimum absolute atomic E-state index is 0.637. The van der Waals surface area contributed by atoms with Crippen molar-refractivity contribution >= 4 is 21.5 Å². The van der Waals surface area contributed by atoms with E-state index in [1.807, 2.05) is 73.4 Å². The SMILES string of the molecule is c1ccc2c(-c3ncc(-c4ccncc4)cn3)c3cnccc3c(-c3ncc(-c4ccncc4)cn3)c2c1. The van der Waals surface area contributed by atoms with Crippen molar-refractivity contribution in [3.05, 3.63) is 117 Å². The molecule has 0 N–H and O–H groups in total. The number of aromatic nitrogens is 7. The Bertz CT molecular complexity index is 1690. The Balaban J connectivity index is 1.43. The minimum atomic E-state index is 0.637. The van der Waals surface area contributed by atoms with E-state index in [2.05, 4.69) is 27.1 Å². The minimum Gasteiger partial charge on any atom is -0.265 e. The molecule has 0 unspecified atom stereocenters. The van der Waals surface area contributed by atoms with Crippen LogP contribution in [0.5, 0.6) is 0 Å². The predicted octanol–water partition coefficient (Wildman–Crippen LogP) is 6.43. The molecule has 0 bridgehead atoms. The number of hydrogen-bond donors (Lipinski definition) is 0. The van der Waals surface area contributed by atoms with Gasteiger partial charge in [0.25, 0.3) is 0 Å². The van der Waals surface area contributed by atoms with Crippen molar-refractivity contribution < 1.29 is 0 Å². The summed E-state index contributed by atoms with van der Waals surface area (Å²) in [5, 5.41) is 3.98. The fraction of sp³-hybridized carbons (Fsp3) is 0. The lowest BCUT2D eigenvalue weighted by Crippen LogP contribution is -1.97. The van der Waals surface area contributed by atoms with E-state index >= 15 is 0 Å². The maximum Gasteiger partial charge on any atom is 0.160 e. The molecule has 178 valence electrons. The fourth-order valence-electron chi connectivity index (χ4n) is 4.80. The molecule has 7 heteroatoms. The summed E-state index contributed by atoms with van der Waals surface area (Å²) < 4.78 is 0. The third kappa shape index (κ3) is 3.74. The van der Waals surface area contributed by atoms with Crippen molar-refractivity contribution in [2.75, 3.05) is 0 Å². The molecule has 0 atom stereocenters. The van der Waals surface area contributed by atoms with Crippen LogP contribution in [0.25, 0.3) is 66.6 Å². The van der Waals surface area contributed by atoms with E-state index in [1.54, 1.807) is 31.0 Å². The van der Waals surface area contributed by atoms with Gasteiger partial charge in [-0.3, -0.25) is 15.0 Å². The van der Waals surface area contributed by atoms with Crippen LogP contribution in [0.2, 0.25) is 0 Å². The summed E-state index contributed by atoms with van der Waals surface area (Å²) in [6, 6.07) is 18.0. The first kappa shape index (κ1) is 21.8. The van der Waals surface area contributed by atoms with Gasteiger partial charge < -0.3 is 0 Å². The third-order valence-corrected chi connectivity index (χ3v) is 6.60.